The largest absolute Gasteiger partial charge is 0.369 e. The quantitative estimate of drug-likeness (QED) is 0.722. The summed E-state index contributed by atoms with van der Waals surface area (Å²) in [4.78, 5) is 6.58. The zero-order valence-electron chi connectivity index (χ0n) is 13.9. The Bertz CT molecular complexity index is 600. The fourth-order valence-corrected chi connectivity index (χ4v) is 2.24. The summed E-state index contributed by atoms with van der Waals surface area (Å²) in [6.45, 7) is 4.21. The van der Waals surface area contributed by atoms with Crippen LogP contribution in [0, 0.1) is 0 Å². The first-order chi connectivity index (χ1) is 10.7. The molecule has 0 amide bonds. The molecular weight excluding hydrogens is 274 g/mol. The van der Waals surface area contributed by atoms with Crippen LogP contribution in [0.4, 0.5) is 5.82 Å². The molecule has 0 aliphatic heterocycles. The number of rotatable bonds is 9. The third-order valence-corrected chi connectivity index (χ3v) is 3.49. The minimum Gasteiger partial charge on any atom is -0.369 e. The molecule has 2 aromatic heterocycles. The van der Waals surface area contributed by atoms with Crippen molar-refractivity contribution in [3.8, 4) is 0 Å². The number of nitrogens with one attached hydrogen (secondary N) is 1. The maximum Gasteiger partial charge on any atom is 0.154 e. The van der Waals surface area contributed by atoms with Crippen LogP contribution in [0.1, 0.15) is 38.3 Å². The predicted molar refractivity (Wildman–Crippen MR) is 93.2 cm³/mol. The molecule has 0 bridgehead atoms. The number of nitrogens with zero attached hydrogens (tertiary/aromatic N) is 4. The van der Waals surface area contributed by atoms with Crippen LogP contribution in [-0.4, -0.2) is 46.7 Å². The lowest BCUT2D eigenvalue weighted by Gasteiger charge is -2.10. The van der Waals surface area contributed by atoms with Crippen LogP contribution in [0.15, 0.2) is 24.4 Å². The van der Waals surface area contributed by atoms with E-state index < -0.39 is 0 Å². The SMILES string of the molecule is CCCC/C=C/c1cnc2ccc(NCCCN(C)C)nn12. The molecule has 2 rings (SSSR count). The van der Waals surface area contributed by atoms with Crippen molar-refractivity contribution >= 4 is 17.5 Å². The molecule has 5 heteroatoms. The summed E-state index contributed by atoms with van der Waals surface area (Å²) >= 11 is 0. The highest BCUT2D eigenvalue weighted by atomic mass is 15.3. The zero-order chi connectivity index (χ0) is 15.8. The fraction of sp³-hybridized carbons (Fsp3) is 0.529. The molecule has 2 aromatic rings. The van der Waals surface area contributed by atoms with Crippen LogP contribution in [0.5, 0.6) is 0 Å². The van der Waals surface area contributed by atoms with Gasteiger partial charge in [0.25, 0.3) is 0 Å². The predicted octanol–water partition coefficient (Wildman–Crippen LogP) is 3.30. The maximum atomic E-state index is 4.63. The second-order valence-corrected chi connectivity index (χ2v) is 5.80. The average Bonchev–Trinajstić information content (AvgIpc) is 2.90. The highest BCUT2D eigenvalue weighted by molar-refractivity contribution is 5.53. The van der Waals surface area contributed by atoms with Gasteiger partial charge in [0.1, 0.15) is 5.82 Å². The summed E-state index contributed by atoms with van der Waals surface area (Å²) < 4.78 is 1.90. The van der Waals surface area contributed by atoms with Crippen LogP contribution in [0.25, 0.3) is 11.7 Å². The van der Waals surface area contributed by atoms with E-state index in [9.17, 15) is 0 Å². The van der Waals surface area contributed by atoms with Gasteiger partial charge in [0.15, 0.2) is 5.65 Å². The number of unbranched alkanes of at least 4 members (excludes halogenated alkanes) is 2. The molecular formula is C17H27N5. The molecule has 0 fully saturated rings. The topological polar surface area (TPSA) is 45.5 Å². The lowest BCUT2D eigenvalue weighted by atomic mass is 10.2. The third-order valence-electron chi connectivity index (χ3n) is 3.49. The van der Waals surface area contributed by atoms with Gasteiger partial charge < -0.3 is 10.2 Å². The normalized spacial score (nSPS) is 11.8. The summed E-state index contributed by atoms with van der Waals surface area (Å²) in [7, 11) is 4.18. The van der Waals surface area contributed by atoms with Crippen LogP contribution in [0.3, 0.4) is 0 Å². The molecule has 22 heavy (non-hydrogen) atoms. The van der Waals surface area contributed by atoms with E-state index in [-0.39, 0.29) is 0 Å². The zero-order valence-corrected chi connectivity index (χ0v) is 13.9. The lowest BCUT2D eigenvalue weighted by Crippen LogP contribution is -2.16. The van der Waals surface area contributed by atoms with Gasteiger partial charge >= 0.3 is 0 Å². The Hall–Kier alpha value is -1.88. The second kappa shape index (κ2) is 8.54. The molecule has 0 radical (unpaired) electrons. The third kappa shape index (κ3) is 4.84. The summed E-state index contributed by atoms with van der Waals surface area (Å²) in [5, 5.41) is 8.00. The van der Waals surface area contributed by atoms with Gasteiger partial charge in [0.05, 0.1) is 11.9 Å². The first-order valence-electron chi connectivity index (χ1n) is 8.10. The Morgan fingerprint density at radius 2 is 2.14 bits per heavy atom. The summed E-state index contributed by atoms with van der Waals surface area (Å²) in [6.07, 6.45) is 10.8. The number of imidazole rings is 1. The molecule has 5 nitrogen and oxygen atoms in total. The van der Waals surface area contributed by atoms with Crippen molar-refractivity contribution in [2.75, 3.05) is 32.5 Å². The lowest BCUT2D eigenvalue weighted by molar-refractivity contribution is 0.405. The fourth-order valence-electron chi connectivity index (χ4n) is 2.24. The van der Waals surface area contributed by atoms with E-state index in [4.69, 9.17) is 0 Å². The van der Waals surface area contributed by atoms with Crippen LogP contribution in [0.2, 0.25) is 0 Å². The summed E-state index contributed by atoms with van der Waals surface area (Å²) in [5.74, 6) is 0.896. The van der Waals surface area contributed by atoms with E-state index in [0.717, 1.165) is 43.1 Å². The molecule has 0 aromatic carbocycles. The van der Waals surface area contributed by atoms with Crippen molar-refractivity contribution in [1.82, 2.24) is 19.5 Å². The van der Waals surface area contributed by atoms with Gasteiger partial charge in [0.2, 0.25) is 0 Å². The van der Waals surface area contributed by atoms with E-state index >= 15 is 0 Å². The molecule has 0 spiro atoms. The van der Waals surface area contributed by atoms with Crippen LogP contribution >= 0.6 is 0 Å². The number of fused-ring (bicyclic) bond motifs is 1. The van der Waals surface area contributed by atoms with E-state index in [1.54, 1.807) is 0 Å². The second-order valence-electron chi connectivity index (χ2n) is 5.80. The number of hydrogen-bond donors (Lipinski definition) is 1. The minimum atomic E-state index is 0.883. The van der Waals surface area contributed by atoms with Gasteiger partial charge in [-0.3, -0.25) is 0 Å². The van der Waals surface area contributed by atoms with E-state index in [0.29, 0.717) is 0 Å². The molecule has 120 valence electrons. The number of allylic oxidation sites excluding steroid dienone is 1. The van der Waals surface area contributed by atoms with Gasteiger partial charge in [-0.05, 0) is 51.7 Å². The molecule has 2 heterocycles. The van der Waals surface area contributed by atoms with Gasteiger partial charge in [-0.2, -0.15) is 0 Å². The summed E-state index contributed by atoms with van der Waals surface area (Å²) in [5.41, 5.74) is 1.91. The van der Waals surface area contributed by atoms with Crippen molar-refractivity contribution in [2.45, 2.75) is 32.6 Å². The molecule has 0 unspecified atom stereocenters. The molecule has 0 saturated carbocycles. The van der Waals surface area contributed by atoms with Crippen LogP contribution < -0.4 is 5.32 Å². The Kier molecular flexibility index (Phi) is 6.40. The van der Waals surface area contributed by atoms with E-state index in [2.05, 4.69) is 53.5 Å². The Morgan fingerprint density at radius 3 is 2.91 bits per heavy atom. The molecule has 0 aliphatic carbocycles. The molecule has 1 N–H and O–H groups in total. The van der Waals surface area contributed by atoms with Crippen LogP contribution in [-0.2, 0) is 0 Å². The van der Waals surface area contributed by atoms with E-state index in [1.807, 2.05) is 22.8 Å². The Morgan fingerprint density at radius 1 is 1.27 bits per heavy atom. The molecule has 0 atom stereocenters. The number of aromatic nitrogens is 3. The number of anilines is 1. The first kappa shape index (κ1) is 16.5. The molecule has 0 aliphatic rings. The van der Waals surface area contributed by atoms with Crippen molar-refractivity contribution in [3.63, 3.8) is 0 Å². The van der Waals surface area contributed by atoms with Gasteiger partial charge in [0, 0.05) is 6.54 Å². The monoisotopic (exact) mass is 301 g/mol. The summed E-state index contributed by atoms with van der Waals surface area (Å²) in [6, 6.07) is 3.99. The average molecular weight is 301 g/mol. The van der Waals surface area contributed by atoms with Crippen molar-refractivity contribution in [2.24, 2.45) is 0 Å². The first-order valence-corrected chi connectivity index (χ1v) is 8.10. The highest BCUT2D eigenvalue weighted by Gasteiger charge is 2.03. The maximum absolute atomic E-state index is 4.63. The highest BCUT2D eigenvalue weighted by Crippen LogP contribution is 2.11. The van der Waals surface area contributed by atoms with E-state index in [1.165, 1.54) is 12.8 Å². The van der Waals surface area contributed by atoms with Gasteiger partial charge in [-0.15, -0.1) is 5.10 Å². The van der Waals surface area contributed by atoms with Gasteiger partial charge in [-0.25, -0.2) is 9.50 Å². The van der Waals surface area contributed by atoms with Crippen molar-refractivity contribution in [1.29, 1.82) is 0 Å². The standard InChI is InChI=1S/C17H27N5/c1-4-5-6-7-9-15-14-19-17-11-10-16(20-22(15)17)18-12-8-13-21(2)3/h7,9-11,14H,4-6,8,12-13H2,1-3H3,(H,18,20)/b9-7+. The Labute approximate surface area is 133 Å². The Balaban J connectivity index is 2.00. The number of hydrogen-bond acceptors (Lipinski definition) is 4. The van der Waals surface area contributed by atoms with Gasteiger partial charge in [-0.1, -0.05) is 25.8 Å². The molecule has 0 saturated heterocycles. The minimum absolute atomic E-state index is 0.883. The van der Waals surface area contributed by atoms with Crippen molar-refractivity contribution in [3.05, 3.63) is 30.1 Å². The van der Waals surface area contributed by atoms with Crippen molar-refractivity contribution < 1.29 is 0 Å². The smallest absolute Gasteiger partial charge is 0.154 e.